The molecule has 6 heteroatoms. The molecule has 106 valence electrons. The van der Waals surface area contributed by atoms with E-state index in [1.807, 2.05) is 23.4 Å². The van der Waals surface area contributed by atoms with Gasteiger partial charge in [0.05, 0.1) is 29.0 Å². The fourth-order valence-corrected chi connectivity index (χ4v) is 2.44. The average Bonchev–Trinajstić information content (AvgIpc) is 2.97. The predicted molar refractivity (Wildman–Crippen MR) is 82.0 cm³/mol. The molecule has 0 saturated carbocycles. The van der Waals surface area contributed by atoms with Crippen LogP contribution in [0.4, 0.5) is 5.69 Å². The third kappa shape index (κ3) is 3.91. The van der Waals surface area contributed by atoms with Crippen molar-refractivity contribution in [3.05, 3.63) is 52.0 Å². The molecule has 0 radical (unpaired) electrons. The lowest BCUT2D eigenvalue weighted by atomic mass is 10.1. The van der Waals surface area contributed by atoms with Gasteiger partial charge in [-0.15, -0.1) is 11.3 Å². The van der Waals surface area contributed by atoms with Crippen molar-refractivity contribution in [1.29, 1.82) is 5.26 Å². The second-order valence-electron chi connectivity index (χ2n) is 4.40. The number of carbonyl (C=O) groups is 1. The first kappa shape index (κ1) is 14.8. The van der Waals surface area contributed by atoms with Crippen molar-refractivity contribution in [2.75, 3.05) is 11.9 Å². The summed E-state index contributed by atoms with van der Waals surface area (Å²) < 4.78 is 0. The van der Waals surface area contributed by atoms with Crippen molar-refractivity contribution < 1.29 is 9.90 Å². The number of nitrogens with zero attached hydrogens (tertiary/aromatic N) is 3. The Kier molecular flexibility index (Phi) is 4.69. The number of nitriles is 1. The van der Waals surface area contributed by atoms with Gasteiger partial charge in [0.15, 0.2) is 0 Å². The Morgan fingerprint density at radius 2 is 2.38 bits per heavy atom. The molecule has 0 atom stereocenters. The molecule has 0 unspecified atom stereocenters. The molecule has 0 aliphatic carbocycles. The van der Waals surface area contributed by atoms with Crippen LogP contribution in [-0.2, 0) is 11.3 Å². The molecule has 0 spiro atoms. The summed E-state index contributed by atoms with van der Waals surface area (Å²) in [5.74, 6) is -1.02. The molecular formula is C15H13N3O2S. The number of thiazole rings is 1. The zero-order valence-corrected chi connectivity index (χ0v) is 12.2. The molecule has 1 aromatic heterocycles. The second kappa shape index (κ2) is 6.68. The number of aliphatic carboxylic acids is 1. The molecule has 0 amide bonds. The maximum absolute atomic E-state index is 10.5. The highest BCUT2D eigenvalue weighted by Gasteiger charge is 2.09. The lowest BCUT2D eigenvalue weighted by Crippen LogP contribution is -2.17. The van der Waals surface area contributed by atoms with Crippen LogP contribution in [0.25, 0.3) is 6.08 Å². The van der Waals surface area contributed by atoms with E-state index in [1.165, 1.54) is 17.4 Å². The highest BCUT2D eigenvalue weighted by molar-refractivity contribution is 7.07. The molecule has 1 aromatic carbocycles. The Morgan fingerprint density at radius 1 is 1.57 bits per heavy atom. The molecule has 5 nitrogen and oxygen atoms in total. The quantitative estimate of drug-likeness (QED) is 0.859. The Hall–Kier alpha value is -2.65. The Balaban J connectivity index is 2.24. The summed E-state index contributed by atoms with van der Waals surface area (Å²) in [6, 6.07) is 7.41. The monoisotopic (exact) mass is 299 g/mol. The summed E-state index contributed by atoms with van der Waals surface area (Å²) in [7, 11) is 1.89. The van der Waals surface area contributed by atoms with Crippen LogP contribution in [0.2, 0.25) is 0 Å². The molecule has 0 aliphatic rings. The van der Waals surface area contributed by atoms with E-state index in [4.69, 9.17) is 5.11 Å². The third-order valence-corrected chi connectivity index (χ3v) is 3.49. The van der Waals surface area contributed by atoms with Gasteiger partial charge in [0.2, 0.25) is 0 Å². The van der Waals surface area contributed by atoms with E-state index in [0.717, 1.165) is 17.5 Å². The van der Waals surface area contributed by atoms with Gasteiger partial charge in [0, 0.05) is 18.5 Å². The second-order valence-corrected chi connectivity index (χ2v) is 5.11. The Bertz CT molecular complexity index is 702. The minimum Gasteiger partial charge on any atom is -0.478 e. The van der Waals surface area contributed by atoms with Gasteiger partial charge in [0.25, 0.3) is 0 Å². The molecule has 0 aliphatic heterocycles. The fraction of sp³-hybridized carbons (Fsp3) is 0.133. The summed E-state index contributed by atoms with van der Waals surface area (Å²) in [4.78, 5) is 16.7. The molecule has 1 N–H and O–H groups in total. The fourth-order valence-electron chi connectivity index (χ4n) is 1.89. The summed E-state index contributed by atoms with van der Waals surface area (Å²) in [5.41, 5.74) is 4.69. The summed E-state index contributed by atoms with van der Waals surface area (Å²) >= 11 is 1.53. The number of hydrogen-bond acceptors (Lipinski definition) is 5. The van der Waals surface area contributed by atoms with E-state index in [1.54, 1.807) is 17.6 Å². The highest BCUT2D eigenvalue weighted by Crippen LogP contribution is 2.22. The molecule has 1 heterocycles. The first-order valence-corrected chi connectivity index (χ1v) is 7.08. The molecule has 2 aromatic rings. The maximum Gasteiger partial charge on any atom is 0.328 e. The molecule has 2 rings (SSSR count). The molecule has 0 saturated heterocycles. The number of carboxylic acid groups (broad SMARTS) is 1. The van der Waals surface area contributed by atoms with Crippen LogP contribution in [-0.4, -0.2) is 23.1 Å². The molecule has 21 heavy (non-hydrogen) atoms. The normalized spacial score (nSPS) is 10.5. The van der Waals surface area contributed by atoms with Crippen LogP contribution >= 0.6 is 11.3 Å². The molecule has 0 fully saturated rings. The van der Waals surface area contributed by atoms with Crippen molar-refractivity contribution in [3.63, 3.8) is 0 Å². The molecular weight excluding hydrogens is 286 g/mol. The summed E-state index contributed by atoms with van der Waals surface area (Å²) in [6.07, 6.45) is 2.52. The summed E-state index contributed by atoms with van der Waals surface area (Å²) in [5, 5.41) is 19.9. The van der Waals surface area contributed by atoms with Gasteiger partial charge in [-0.1, -0.05) is 6.07 Å². The van der Waals surface area contributed by atoms with Gasteiger partial charge in [-0.25, -0.2) is 9.78 Å². The first-order chi connectivity index (χ1) is 10.1. The van der Waals surface area contributed by atoms with Gasteiger partial charge in [0.1, 0.15) is 6.07 Å². The van der Waals surface area contributed by atoms with Crippen LogP contribution in [0, 0.1) is 11.3 Å². The van der Waals surface area contributed by atoms with Gasteiger partial charge in [-0.05, 0) is 23.8 Å². The Labute approximate surface area is 126 Å². The highest BCUT2D eigenvalue weighted by atomic mass is 32.1. The number of anilines is 1. The minimum absolute atomic E-state index is 0.500. The maximum atomic E-state index is 10.5. The zero-order chi connectivity index (χ0) is 15.2. The largest absolute Gasteiger partial charge is 0.478 e. The number of carboxylic acids is 1. The van der Waals surface area contributed by atoms with Crippen molar-refractivity contribution >= 4 is 29.1 Å². The minimum atomic E-state index is -1.02. The first-order valence-electron chi connectivity index (χ1n) is 6.13. The van der Waals surface area contributed by atoms with Crippen molar-refractivity contribution in [1.82, 2.24) is 4.98 Å². The lowest BCUT2D eigenvalue weighted by Gasteiger charge is -2.19. The van der Waals surface area contributed by atoms with E-state index >= 15 is 0 Å². The van der Waals surface area contributed by atoms with Gasteiger partial charge >= 0.3 is 5.97 Å². The topological polar surface area (TPSA) is 77.2 Å². The number of rotatable bonds is 5. The van der Waals surface area contributed by atoms with E-state index in [9.17, 15) is 10.1 Å². The SMILES string of the molecule is CN(Cc1cscn1)c1ccc(/C=C/C(=O)O)cc1C#N. The zero-order valence-electron chi connectivity index (χ0n) is 11.4. The smallest absolute Gasteiger partial charge is 0.328 e. The number of hydrogen-bond donors (Lipinski definition) is 1. The average molecular weight is 299 g/mol. The van der Waals surface area contributed by atoms with E-state index in [2.05, 4.69) is 11.1 Å². The van der Waals surface area contributed by atoms with Crippen LogP contribution in [0.15, 0.2) is 35.2 Å². The predicted octanol–water partition coefficient (Wildman–Crippen LogP) is 2.75. The summed E-state index contributed by atoms with van der Waals surface area (Å²) in [6.45, 7) is 0.614. The third-order valence-electron chi connectivity index (χ3n) is 2.85. The van der Waals surface area contributed by atoms with Crippen LogP contribution < -0.4 is 4.90 Å². The molecule has 0 bridgehead atoms. The van der Waals surface area contributed by atoms with E-state index in [-0.39, 0.29) is 0 Å². The number of aromatic nitrogens is 1. The van der Waals surface area contributed by atoms with Gasteiger partial charge in [-0.2, -0.15) is 5.26 Å². The van der Waals surface area contributed by atoms with E-state index < -0.39 is 5.97 Å². The van der Waals surface area contributed by atoms with Gasteiger partial charge in [-0.3, -0.25) is 0 Å². The van der Waals surface area contributed by atoms with Crippen LogP contribution in [0.5, 0.6) is 0 Å². The van der Waals surface area contributed by atoms with E-state index in [0.29, 0.717) is 17.7 Å². The number of benzene rings is 1. The van der Waals surface area contributed by atoms with Crippen LogP contribution in [0.3, 0.4) is 0 Å². The van der Waals surface area contributed by atoms with Crippen molar-refractivity contribution in [3.8, 4) is 6.07 Å². The van der Waals surface area contributed by atoms with Crippen molar-refractivity contribution in [2.24, 2.45) is 0 Å². The van der Waals surface area contributed by atoms with Gasteiger partial charge < -0.3 is 10.0 Å². The lowest BCUT2D eigenvalue weighted by molar-refractivity contribution is -0.131. The Morgan fingerprint density at radius 3 is 3.00 bits per heavy atom. The van der Waals surface area contributed by atoms with Crippen LogP contribution in [0.1, 0.15) is 16.8 Å². The standard InChI is InChI=1S/C15H13N3O2S/c1-18(8-13-9-21-10-17-13)14-4-2-11(3-5-15(19)20)6-12(14)7-16/h2-6,9-10H,8H2,1H3,(H,19,20)/b5-3+. The van der Waals surface area contributed by atoms with Crippen molar-refractivity contribution in [2.45, 2.75) is 6.54 Å².